The van der Waals surface area contributed by atoms with Crippen LogP contribution in [-0.2, 0) is 4.79 Å². The molecule has 1 aromatic heterocycles. The van der Waals surface area contributed by atoms with Gasteiger partial charge in [0.25, 0.3) is 5.91 Å². The molecular weight excluding hydrogens is 376 g/mol. The first-order chi connectivity index (χ1) is 13.6. The van der Waals surface area contributed by atoms with Gasteiger partial charge in [-0.3, -0.25) is 9.59 Å². The van der Waals surface area contributed by atoms with E-state index < -0.39 is 0 Å². The Morgan fingerprint density at radius 2 is 1.64 bits per heavy atom. The van der Waals surface area contributed by atoms with Gasteiger partial charge in [0.1, 0.15) is 5.75 Å². The molecule has 0 saturated carbocycles. The molecule has 2 amide bonds. The van der Waals surface area contributed by atoms with Crippen molar-refractivity contribution in [1.82, 2.24) is 0 Å². The largest absolute Gasteiger partial charge is 0.494 e. The Kier molecular flexibility index (Phi) is 6.75. The number of ether oxygens (including phenoxy) is 1. The monoisotopic (exact) mass is 396 g/mol. The molecule has 2 aromatic carbocycles. The van der Waals surface area contributed by atoms with Crippen LogP contribution in [0.2, 0.25) is 0 Å². The number of nitrogens with one attached hydrogen (secondary N) is 2. The van der Waals surface area contributed by atoms with E-state index in [-0.39, 0.29) is 23.3 Å². The Balaban J connectivity index is 1.46. The maximum atomic E-state index is 12.1. The third-order valence-electron chi connectivity index (χ3n) is 3.68. The number of thioether (sulfide) groups is 1. The maximum absolute atomic E-state index is 12.1. The quantitative estimate of drug-likeness (QED) is 0.541. The van der Waals surface area contributed by atoms with E-state index in [0.717, 1.165) is 16.3 Å². The molecule has 144 valence electrons. The fourth-order valence-corrected chi connectivity index (χ4v) is 3.08. The summed E-state index contributed by atoms with van der Waals surface area (Å²) >= 11 is 1.42. The standard InChI is InChI=1S/C21H20N2O4S/c1-2-26-17-9-5-15(6-10-17)22-20(24)14-28-18-11-7-16(8-12-18)23-21(25)19-4-3-13-27-19/h3-13H,2,14H2,1H3,(H,22,24)(H,23,25). The van der Waals surface area contributed by atoms with Crippen LogP contribution in [0.3, 0.4) is 0 Å². The number of hydrogen-bond donors (Lipinski definition) is 2. The van der Waals surface area contributed by atoms with Gasteiger partial charge in [0, 0.05) is 16.3 Å². The Bertz CT molecular complexity index is 907. The van der Waals surface area contributed by atoms with Crippen LogP contribution in [0.25, 0.3) is 0 Å². The van der Waals surface area contributed by atoms with Crippen LogP contribution < -0.4 is 15.4 Å². The minimum Gasteiger partial charge on any atom is -0.494 e. The summed E-state index contributed by atoms with van der Waals surface area (Å²) in [6, 6.07) is 17.8. The summed E-state index contributed by atoms with van der Waals surface area (Å²) in [7, 11) is 0. The number of anilines is 2. The SMILES string of the molecule is CCOc1ccc(NC(=O)CSc2ccc(NC(=O)c3ccco3)cc2)cc1. The van der Waals surface area contributed by atoms with Crippen molar-refractivity contribution in [2.45, 2.75) is 11.8 Å². The molecule has 0 unspecified atom stereocenters. The van der Waals surface area contributed by atoms with Crippen molar-refractivity contribution in [3.63, 3.8) is 0 Å². The summed E-state index contributed by atoms with van der Waals surface area (Å²) in [6.07, 6.45) is 1.45. The van der Waals surface area contributed by atoms with E-state index in [9.17, 15) is 9.59 Å². The molecule has 28 heavy (non-hydrogen) atoms. The van der Waals surface area contributed by atoms with Gasteiger partial charge in [-0.15, -0.1) is 11.8 Å². The van der Waals surface area contributed by atoms with Crippen molar-refractivity contribution in [3.05, 3.63) is 72.7 Å². The second kappa shape index (κ2) is 9.66. The third kappa shape index (κ3) is 5.65. The summed E-state index contributed by atoms with van der Waals surface area (Å²) in [5.74, 6) is 0.911. The van der Waals surface area contributed by atoms with Crippen molar-refractivity contribution in [2.75, 3.05) is 23.0 Å². The Hall–Kier alpha value is -3.19. The first kappa shape index (κ1) is 19.6. The second-order valence-electron chi connectivity index (χ2n) is 5.75. The highest BCUT2D eigenvalue weighted by Crippen LogP contribution is 2.22. The van der Waals surface area contributed by atoms with Gasteiger partial charge in [-0.1, -0.05) is 0 Å². The molecule has 0 aliphatic rings. The van der Waals surface area contributed by atoms with Crippen LogP contribution in [0, 0.1) is 0 Å². The lowest BCUT2D eigenvalue weighted by Crippen LogP contribution is -2.13. The van der Waals surface area contributed by atoms with Gasteiger partial charge in [0.05, 0.1) is 18.6 Å². The fraction of sp³-hybridized carbons (Fsp3) is 0.143. The zero-order chi connectivity index (χ0) is 19.8. The van der Waals surface area contributed by atoms with Crippen LogP contribution in [0.15, 0.2) is 76.2 Å². The molecule has 0 spiro atoms. The van der Waals surface area contributed by atoms with E-state index in [0.29, 0.717) is 12.3 Å². The van der Waals surface area contributed by atoms with Crippen LogP contribution in [0.1, 0.15) is 17.5 Å². The van der Waals surface area contributed by atoms with Gasteiger partial charge in [0.2, 0.25) is 5.91 Å². The molecule has 0 atom stereocenters. The van der Waals surface area contributed by atoms with E-state index in [1.54, 1.807) is 24.3 Å². The van der Waals surface area contributed by atoms with E-state index in [4.69, 9.17) is 9.15 Å². The number of rotatable bonds is 8. The van der Waals surface area contributed by atoms with Crippen molar-refractivity contribution in [1.29, 1.82) is 0 Å². The molecular formula is C21H20N2O4S. The first-order valence-corrected chi connectivity index (χ1v) is 9.73. The van der Waals surface area contributed by atoms with Crippen molar-refractivity contribution in [3.8, 4) is 5.75 Å². The zero-order valence-electron chi connectivity index (χ0n) is 15.3. The highest BCUT2D eigenvalue weighted by molar-refractivity contribution is 8.00. The number of carbonyl (C=O) groups is 2. The van der Waals surface area contributed by atoms with Crippen LogP contribution >= 0.6 is 11.8 Å². The highest BCUT2D eigenvalue weighted by Gasteiger charge is 2.09. The normalized spacial score (nSPS) is 10.3. The predicted molar refractivity (Wildman–Crippen MR) is 110 cm³/mol. The molecule has 0 bridgehead atoms. The maximum Gasteiger partial charge on any atom is 0.291 e. The average molecular weight is 396 g/mol. The van der Waals surface area contributed by atoms with E-state index in [1.807, 2.05) is 43.3 Å². The summed E-state index contributed by atoms with van der Waals surface area (Å²) < 4.78 is 10.4. The number of furan rings is 1. The van der Waals surface area contributed by atoms with Gasteiger partial charge in [-0.2, -0.15) is 0 Å². The van der Waals surface area contributed by atoms with Crippen LogP contribution in [0.5, 0.6) is 5.75 Å². The van der Waals surface area contributed by atoms with E-state index >= 15 is 0 Å². The Morgan fingerprint density at radius 3 is 2.29 bits per heavy atom. The van der Waals surface area contributed by atoms with Gasteiger partial charge >= 0.3 is 0 Å². The van der Waals surface area contributed by atoms with Crippen LogP contribution in [-0.4, -0.2) is 24.2 Å². The lowest BCUT2D eigenvalue weighted by atomic mass is 10.3. The molecule has 7 heteroatoms. The second-order valence-corrected chi connectivity index (χ2v) is 6.80. The van der Waals surface area contributed by atoms with Crippen molar-refractivity contribution >= 4 is 35.0 Å². The number of benzene rings is 2. The van der Waals surface area contributed by atoms with Gasteiger partial charge < -0.3 is 19.8 Å². The van der Waals surface area contributed by atoms with Gasteiger partial charge in [-0.05, 0) is 67.6 Å². The molecule has 2 N–H and O–H groups in total. The summed E-state index contributed by atoms with van der Waals surface area (Å²) in [6.45, 7) is 2.53. The van der Waals surface area contributed by atoms with Crippen molar-refractivity contribution < 1.29 is 18.7 Å². The molecule has 3 rings (SSSR count). The molecule has 0 aliphatic carbocycles. The van der Waals surface area contributed by atoms with E-state index in [1.165, 1.54) is 18.0 Å². The molecule has 0 saturated heterocycles. The Labute approximate surface area is 167 Å². The third-order valence-corrected chi connectivity index (χ3v) is 4.69. The summed E-state index contributed by atoms with van der Waals surface area (Å²) in [5.41, 5.74) is 1.38. The zero-order valence-corrected chi connectivity index (χ0v) is 16.1. The van der Waals surface area contributed by atoms with Gasteiger partial charge in [-0.25, -0.2) is 0 Å². The van der Waals surface area contributed by atoms with Crippen LogP contribution in [0.4, 0.5) is 11.4 Å². The van der Waals surface area contributed by atoms with E-state index in [2.05, 4.69) is 10.6 Å². The number of amides is 2. The fourth-order valence-electron chi connectivity index (χ4n) is 2.38. The number of carbonyl (C=O) groups excluding carboxylic acids is 2. The molecule has 3 aromatic rings. The molecule has 0 radical (unpaired) electrons. The minimum atomic E-state index is -0.305. The number of hydrogen-bond acceptors (Lipinski definition) is 5. The minimum absolute atomic E-state index is 0.0932. The molecule has 0 aliphatic heterocycles. The lowest BCUT2D eigenvalue weighted by Gasteiger charge is -2.08. The average Bonchev–Trinajstić information content (AvgIpc) is 3.24. The first-order valence-electron chi connectivity index (χ1n) is 8.74. The topological polar surface area (TPSA) is 80.6 Å². The highest BCUT2D eigenvalue weighted by atomic mass is 32.2. The molecule has 1 heterocycles. The predicted octanol–water partition coefficient (Wildman–Crippen LogP) is 4.66. The molecule has 6 nitrogen and oxygen atoms in total. The Morgan fingerprint density at radius 1 is 0.964 bits per heavy atom. The van der Waals surface area contributed by atoms with Gasteiger partial charge in [0.15, 0.2) is 5.76 Å². The smallest absolute Gasteiger partial charge is 0.291 e. The molecule has 0 fully saturated rings. The van der Waals surface area contributed by atoms with Crippen molar-refractivity contribution in [2.24, 2.45) is 0 Å². The summed E-state index contributed by atoms with van der Waals surface area (Å²) in [5, 5.41) is 5.60. The lowest BCUT2D eigenvalue weighted by molar-refractivity contribution is -0.113. The summed E-state index contributed by atoms with van der Waals surface area (Å²) in [4.78, 5) is 25.0.